The van der Waals surface area contributed by atoms with Gasteiger partial charge in [0.1, 0.15) is 0 Å². The third kappa shape index (κ3) is 2.99. The van der Waals surface area contributed by atoms with Crippen molar-refractivity contribution >= 4 is 23.1 Å². The molecule has 0 bridgehead atoms. The van der Waals surface area contributed by atoms with Gasteiger partial charge in [-0.05, 0) is 24.3 Å². The fraction of sp³-hybridized carbons (Fsp3) is 0.0556. The zero-order valence-electron chi connectivity index (χ0n) is 13.0. The van der Waals surface area contributed by atoms with Crippen LogP contribution in [0.5, 0.6) is 0 Å². The van der Waals surface area contributed by atoms with E-state index in [4.69, 9.17) is 16.7 Å². The van der Waals surface area contributed by atoms with E-state index in [1.807, 2.05) is 42.5 Å². The fourth-order valence-corrected chi connectivity index (χ4v) is 2.96. The molecular weight excluding hydrogens is 340 g/mol. The topological polar surface area (TPSA) is 72.4 Å². The Balaban J connectivity index is 1.77. The van der Waals surface area contributed by atoms with Gasteiger partial charge in [-0.2, -0.15) is 10.2 Å². The van der Waals surface area contributed by atoms with E-state index < -0.39 is 5.97 Å². The molecule has 0 unspecified atom stereocenters. The van der Waals surface area contributed by atoms with Crippen LogP contribution in [0.1, 0.15) is 16.2 Å². The Bertz CT molecular complexity index is 1070. The van der Waals surface area contributed by atoms with Crippen LogP contribution in [-0.2, 0) is 6.54 Å². The van der Waals surface area contributed by atoms with Crippen LogP contribution in [0, 0.1) is 0 Å². The molecule has 7 heteroatoms. The molecule has 1 aromatic carbocycles. The summed E-state index contributed by atoms with van der Waals surface area (Å²) in [5, 5.41) is 18.3. The van der Waals surface area contributed by atoms with Gasteiger partial charge < -0.3 is 5.11 Å². The molecule has 0 aliphatic carbocycles. The lowest BCUT2D eigenvalue weighted by Gasteiger charge is -2.06. The van der Waals surface area contributed by atoms with E-state index in [1.165, 1.54) is 6.07 Å². The van der Waals surface area contributed by atoms with Gasteiger partial charge in [0.15, 0.2) is 5.69 Å². The predicted octanol–water partition coefficient (Wildman–Crippen LogP) is 3.60. The third-order valence-electron chi connectivity index (χ3n) is 3.85. The minimum absolute atomic E-state index is 0.00344. The largest absolute Gasteiger partial charge is 0.476 e. The second kappa shape index (κ2) is 6.07. The summed E-state index contributed by atoms with van der Waals surface area (Å²) in [4.78, 5) is 11.0. The molecule has 0 amide bonds. The molecule has 0 aliphatic heterocycles. The molecule has 6 nitrogen and oxygen atoms in total. The number of rotatable bonds is 4. The number of carboxylic acid groups (broad SMARTS) is 1. The SMILES string of the molecule is O=C(O)c1ccn(Cc2cc(Cl)cc3cc(-c4ccccc4)nn23)n1. The highest BCUT2D eigenvalue weighted by atomic mass is 35.5. The lowest BCUT2D eigenvalue weighted by molar-refractivity contribution is 0.0689. The van der Waals surface area contributed by atoms with Gasteiger partial charge >= 0.3 is 5.97 Å². The number of halogens is 1. The summed E-state index contributed by atoms with van der Waals surface area (Å²) in [7, 11) is 0. The lowest BCUT2D eigenvalue weighted by atomic mass is 10.1. The van der Waals surface area contributed by atoms with E-state index in [0.717, 1.165) is 22.5 Å². The monoisotopic (exact) mass is 352 g/mol. The molecule has 0 atom stereocenters. The number of pyridine rings is 1. The average molecular weight is 353 g/mol. The van der Waals surface area contributed by atoms with Crippen molar-refractivity contribution in [3.05, 3.63) is 77.2 Å². The van der Waals surface area contributed by atoms with Crippen LogP contribution in [0.15, 0.2) is 60.8 Å². The van der Waals surface area contributed by atoms with E-state index in [-0.39, 0.29) is 5.69 Å². The smallest absolute Gasteiger partial charge is 0.356 e. The number of aromatic nitrogens is 4. The van der Waals surface area contributed by atoms with Gasteiger partial charge in [-0.1, -0.05) is 41.9 Å². The summed E-state index contributed by atoms with van der Waals surface area (Å²) < 4.78 is 3.36. The van der Waals surface area contributed by atoms with Crippen molar-refractivity contribution in [2.75, 3.05) is 0 Å². The number of carbonyl (C=O) groups is 1. The molecular formula is C18H13ClN4O2. The summed E-state index contributed by atoms with van der Waals surface area (Å²) in [6.07, 6.45) is 1.62. The molecule has 0 fully saturated rings. The Hall–Kier alpha value is -3.12. The second-order valence-electron chi connectivity index (χ2n) is 5.60. The lowest BCUT2D eigenvalue weighted by Crippen LogP contribution is -2.08. The van der Waals surface area contributed by atoms with E-state index >= 15 is 0 Å². The average Bonchev–Trinajstić information content (AvgIpc) is 3.22. The molecule has 0 radical (unpaired) electrons. The first-order valence-corrected chi connectivity index (χ1v) is 7.98. The van der Waals surface area contributed by atoms with E-state index in [0.29, 0.717) is 11.6 Å². The van der Waals surface area contributed by atoms with Gasteiger partial charge in [0, 0.05) is 16.8 Å². The van der Waals surface area contributed by atoms with Gasteiger partial charge in [-0.15, -0.1) is 0 Å². The number of aromatic carboxylic acids is 1. The third-order valence-corrected chi connectivity index (χ3v) is 4.07. The van der Waals surface area contributed by atoms with Crippen molar-refractivity contribution in [3.8, 4) is 11.3 Å². The van der Waals surface area contributed by atoms with Gasteiger partial charge in [-0.3, -0.25) is 4.68 Å². The molecule has 25 heavy (non-hydrogen) atoms. The summed E-state index contributed by atoms with van der Waals surface area (Å²) in [6.45, 7) is 0.361. The quantitative estimate of drug-likeness (QED) is 0.609. The maximum atomic E-state index is 11.0. The van der Waals surface area contributed by atoms with Gasteiger partial charge in [-0.25, -0.2) is 9.31 Å². The van der Waals surface area contributed by atoms with Crippen molar-refractivity contribution in [1.29, 1.82) is 0 Å². The number of fused-ring (bicyclic) bond motifs is 1. The van der Waals surface area contributed by atoms with Crippen molar-refractivity contribution in [3.63, 3.8) is 0 Å². The summed E-state index contributed by atoms with van der Waals surface area (Å²) in [5.41, 5.74) is 3.54. The number of nitrogens with zero attached hydrogens (tertiary/aromatic N) is 4. The summed E-state index contributed by atoms with van der Waals surface area (Å²) in [5.74, 6) is -1.06. The van der Waals surface area contributed by atoms with Crippen LogP contribution in [-0.4, -0.2) is 30.5 Å². The van der Waals surface area contributed by atoms with Gasteiger partial charge in [0.05, 0.1) is 23.4 Å². The fourth-order valence-electron chi connectivity index (χ4n) is 2.72. The predicted molar refractivity (Wildman–Crippen MR) is 93.9 cm³/mol. The van der Waals surface area contributed by atoms with Crippen LogP contribution in [0.4, 0.5) is 0 Å². The highest BCUT2D eigenvalue weighted by Crippen LogP contribution is 2.23. The van der Waals surface area contributed by atoms with Crippen LogP contribution in [0.25, 0.3) is 16.8 Å². The number of hydrogen-bond acceptors (Lipinski definition) is 3. The number of carboxylic acids is 1. The Morgan fingerprint density at radius 2 is 1.88 bits per heavy atom. The Morgan fingerprint density at radius 1 is 1.08 bits per heavy atom. The zero-order chi connectivity index (χ0) is 17.4. The Morgan fingerprint density at radius 3 is 2.60 bits per heavy atom. The molecule has 1 N–H and O–H groups in total. The van der Waals surface area contributed by atoms with Gasteiger partial charge in [0.2, 0.25) is 0 Å². The molecule has 124 valence electrons. The summed E-state index contributed by atoms with van der Waals surface area (Å²) >= 11 is 6.24. The van der Waals surface area contributed by atoms with E-state index in [9.17, 15) is 4.79 Å². The molecule has 4 aromatic rings. The first kappa shape index (κ1) is 15.4. The van der Waals surface area contributed by atoms with Crippen LogP contribution >= 0.6 is 11.6 Å². The highest BCUT2D eigenvalue weighted by molar-refractivity contribution is 6.31. The molecule has 3 heterocycles. The summed E-state index contributed by atoms with van der Waals surface area (Å²) in [6, 6.07) is 17.0. The normalized spacial score (nSPS) is 11.1. The first-order chi connectivity index (χ1) is 12.1. The Labute approximate surface area is 147 Å². The van der Waals surface area contributed by atoms with Crippen LogP contribution in [0.3, 0.4) is 0 Å². The molecule has 3 aromatic heterocycles. The molecule has 0 spiro atoms. The highest BCUT2D eigenvalue weighted by Gasteiger charge is 2.12. The minimum atomic E-state index is -1.06. The Kier molecular flexibility index (Phi) is 3.74. The van der Waals surface area contributed by atoms with E-state index in [1.54, 1.807) is 21.5 Å². The van der Waals surface area contributed by atoms with Crippen molar-refractivity contribution in [2.24, 2.45) is 0 Å². The van der Waals surface area contributed by atoms with Crippen molar-refractivity contribution in [1.82, 2.24) is 19.4 Å². The second-order valence-corrected chi connectivity index (χ2v) is 6.04. The number of benzene rings is 1. The first-order valence-electron chi connectivity index (χ1n) is 7.60. The maximum absolute atomic E-state index is 11.0. The van der Waals surface area contributed by atoms with Crippen molar-refractivity contribution in [2.45, 2.75) is 6.54 Å². The number of hydrogen-bond donors (Lipinski definition) is 1. The van der Waals surface area contributed by atoms with Crippen LogP contribution < -0.4 is 0 Å². The molecule has 0 saturated carbocycles. The molecule has 4 rings (SSSR count). The molecule has 0 aliphatic rings. The standard InChI is InChI=1S/C18H13ClN4O2/c19-13-8-14-10-17(12-4-2-1-3-5-12)21-23(14)15(9-13)11-22-7-6-16(20-22)18(24)25/h1-10H,11H2,(H,24,25). The van der Waals surface area contributed by atoms with E-state index in [2.05, 4.69) is 10.2 Å². The maximum Gasteiger partial charge on any atom is 0.356 e. The zero-order valence-corrected chi connectivity index (χ0v) is 13.8. The minimum Gasteiger partial charge on any atom is -0.476 e. The van der Waals surface area contributed by atoms with Crippen LogP contribution in [0.2, 0.25) is 5.02 Å². The van der Waals surface area contributed by atoms with Crippen molar-refractivity contribution < 1.29 is 9.90 Å². The molecule has 0 saturated heterocycles. The van der Waals surface area contributed by atoms with Gasteiger partial charge in [0.25, 0.3) is 0 Å².